The second kappa shape index (κ2) is 3.13. The average Bonchev–Trinajstić information content (AvgIpc) is 2.87. The maximum absolute atomic E-state index is 8.90. The minimum absolute atomic E-state index is 0.228. The molecular weight excluding hydrogens is 192 g/mol. The maximum Gasteiger partial charge on any atom is 0.181 e. The Labute approximate surface area is 85.9 Å². The summed E-state index contributed by atoms with van der Waals surface area (Å²) >= 11 is 0. The van der Waals surface area contributed by atoms with Gasteiger partial charge in [0, 0.05) is 12.5 Å². The summed E-state index contributed by atoms with van der Waals surface area (Å²) in [5.41, 5.74) is 2.76. The van der Waals surface area contributed by atoms with Crippen LogP contribution in [0.3, 0.4) is 0 Å². The second-order valence-electron chi connectivity index (χ2n) is 3.68. The third kappa shape index (κ3) is 1.50. The van der Waals surface area contributed by atoms with Crippen LogP contribution in [0.2, 0.25) is 0 Å². The summed E-state index contributed by atoms with van der Waals surface area (Å²) in [5.74, 6) is 1.13. The molecule has 5 nitrogen and oxygen atoms in total. The first-order valence-electron chi connectivity index (χ1n) is 4.84. The van der Waals surface area contributed by atoms with Gasteiger partial charge in [-0.1, -0.05) is 5.57 Å². The lowest BCUT2D eigenvalue weighted by molar-refractivity contribution is 0.281. The molecule has 76 valence electrons. The van der Waals surface area contributed by atoms with E-state index >= 15 is 0 Å². The highest BCUT2D eigenvalue weighted by Crippen LogP contribution is 2.38. The lowest BCUT2D eigenvalue weighted by atomic mass is 10.4. The van der Waals surface area contributed by atoms with Gasteiger partial charge >= 0.3 is 0 Å². The number of rotatable bonds is 2. The highest BCUT2D eigenvalue weighted by Gasteiger charge is 2.28. The van der Waals surface area contributed by atoms with Crippen molar-refractivity contribution in [1.29, 1.82) is 0 Å². The predicted octanol–water partition coefficient (Wildman–Crippen LogP) is 0.748. The topological polar surface area (TPSA) is 74.7 Å². The monoisotopic (exact) mass is 202 g/mol. The van der Waals surface area contributed by atoms with Gasteiger partial charge in [-0.05, 0) is 12.5 Å². The molecule has 1 fully saturated rings. The van der Waals surface area contributed by atoms with E-state index in [9.17, 15) is 0 Å². The zero-order valence-corrected chi connectivity index (χ0v) is 8.01. The van der Waals surface area contributed by atoms with E-state index in [1.807, 2.05) is 6.08 Å². The van der Waals surface area contributed by atoms with Gasteiger partial charge in [0.25, 0.3) is 0 Å². The Morgan fingerprint density at radius 2 is 2.53 bits per heavy atom. The molecule has 3 rings (SSSR count). The number of aromatic amines is 1. The molecule has 0 amide bonds. The molecular formula is C10H10N4O. The highest BCUT2D eigenvalue weighted by atomic mass is 16.3. The zero-order valence-electron chi connectivity index (χ0n) is 8.01. The Bertz CT molecular complexity index is 498. The lowest BCUT2D eigenvalue weighted by Crippen LogP contribution is -1.82. The lowest BCUT2D eigenvalue weighted by Gasteiger charge is -1.82. The van der Waals surface area contributed by atoms with Gasteiger partial charge in [0.05, 0.1) is 6.20 Å². The summed E-state index contributed by atoms with van der Waals surface area (Å²) in [6.45, 7) is 0.228. The van der Waals surface area contributed by atoms with Crippen molar-refractivity contribution in [3.63, 3.8) is 0 Å². The summed E-state index contributed by atoms with van der Waals surface area (Å²) < 4.78 is 0. The Kier molecular flexibility index (Phi) is 1.78. The van der Waals surface area contributed by atoms with Crippen molar-refractivity contribution in [2.45, 2.75) is 6.42 Å². The Morgan fingerprint density at radius 3 is 3.27 bits per heavy atom. The van der Waals surface area contributed by atoms with E-state index in [0.29, 0.717) is 11.6 Å². The molecule has 1 atom stereocenters. The molecule has 2 heterocycles. The quantitative estimate of drug-likeness (QED) is 0.753. The van der Waals surface area contributed by atoms with E-state index in [-0.39, 0.29) is 6.61 Å². The number of aliphatic hydroxyl groups is 1. The van der Waals surface area contributed by atoms with Crippen molar-refractivity contribution in [1.82, 2.24) is 19.9 Å². The van der Waals surface area contributed by atoms with Crippen molar-refractivity contribution in [3.8, 4) is 0 Å². The summed E-state index contributed by atoms with van der Waals surface area (Å²) in [7, 11) is 0. The molecule has 1 aliphatic rings. The number of hydrogen-bond donors (Lipinski definition) is 2. The third-order valence-electron chi connectivity index (χ3n) is 2.57. The van der Waals surface area contributed by atoms with Gasteiger partial charge in [-0.15, -0.1) is 0 Å². The number of imidazole rings is 1. The summed E-state index contributed by atoms with van der Waals surface area (Å²) in [4.78, 5) is 15.4. The minimum Gasteiger partial charge on any atom is -0.396 e. The molecule has 1 saturated carbocycles. The van der Waals surface area contributed by atoms with Crippen LogP contribution in [0.1, 0.15) is 12.2 Å². The minimum atomic E-state index is 0.228. The number of aromatic nitrogens is 4. The largest absolute Gasteiger partial charge is 0.396 e. The summed E-state index contributed by atoms with van der Waals surface area (Å²) in [6.07, 6.45) is 6.13. The average molecular weight is 202 g/mol. The first kappa shape index (κ1) is 8.55. The summed E-state index contributed by atoms with van der Waals surface area (Å²) in [5, 5.41) is 8.90. The number of fused-ring (bicyclic) bond motifs is 1. The van der Waals surface area contributed by atoms with Crippen LogP contribution >= 0.6 is 0 Å². The number of H-pyrrole nitrogens is 1. The molecule has 1 unspecified atom stereocenters. The Balaban J connectivity index is 1.96. The molecule has 5 heteroatoms. The summed E-state index contributed by atoms with van der Waals surface area (Å²) in [6, 6.07) is 0. The first-order chi connectivity index (χ1) is 7.36. The van der Waals surface area contributed by atoms with Crippen molar-refractivity contribution in [2.24, 2.45) is 5.92 Å². The van der Waals surface area contributed by atoms with Crippen LogP contribution < -0.4 is 0 Å². The van der Waals surface area contributed by atoms with Crippen molar-refractivity contribution in [3.05, 3.63) is 23.9 Å². The van der Waals surface area contributed by atoms with Gasteiger partial charge in [-0.25, -0.2) is 15.0 Å². The molecule has 2 aromatic heterocycles. The van der Waals surface area contributed by atoms with Crippen molar-refractivity contribution < 1.29 is 5.11 Å². The van der Waals surface area contributed by atoms with Crippen LogP contribution in [-0.4, -0.2) is 31.6 Å². The Morgan fingerprint density at radius 1 is 1.60 bits per heavy atom. The van der Waals surface area contributed by atoms with Gasteiger partial charge in [-0.3, -0.25) is 0 Å². The number of nitrogens with zero attached hydrogens (tertiary/aromatic N) is 3. The molecule has 15 heavy (non-hydrogen) atoms. The van der Waals surface area contributed by atoms with E-state index < -0.39 is 0 Å². The molecule has 1 aliphatic carbocycles. The molecule has 0 saturated heterocycles. The van der Waals surface area contributed by atoms with Gasteiger partial charge in [0.2, 0.25) is 0 Å². The maximum atomic E-state index is 8.90. The third-order valence-corrected chi connectivity index (χ3v) is 2.57. The number of hydrogen-bond acceptors (Lipinski definition) is 4. The van der Waals surface area contributed by atoms with Crippen LogP contribution in [0.5, 0.6) is 0 Å². The Hall–Kier alpha value is -1.75. The van der Waals surface area contributed by atoms with E-state index in [1.165, 1.54) is 11.9 Å². The SMILES string of the molecule is OCC1CC1=Cc1nc2ncncc2[nH]1. The van der Waals surface area contributed by atoms with Crippen LogP contribution in [0, 0.1) is 5.92 Å². The molecule has 0 radical (unpaired) electrons. The van der Waals surface area contributed by atoms with E-state index in [2.05, 4.69) is 19.9 Å². The first-order valence-corrected chi connectivity index (χ1v) is 4.84. The van der Waals surface area contributed by atoms with E-state index in [1.54, 1.807) is 6.20 Å². The van der Waals surface area contributed by atoms with Crippen LogP contribution in [0.25, 0.3) is 17.2 Å². The fraction of sp³-hybridized carbons (Fsp3) is 0.300. The molecule has 2 N–H and O–H groups in total. The molecule has 0 aliphatic heterocycles. The van der Waals surface area contributed by atoms with Crippen molar-refractivity contribution >= 4 is 17.2 Å². The predicted molar refractivity (Wildman–Crippen MR) is 54.9 cm³/mol. The van der Waals surface area contributed by atoms with Crippen LogP contribution in [-0.2, 0) is 0 Å². The van der Waals surface area contributed by atoms with Gasteiger partial charge in [-0.2, -0.15) is 0 Å². The van der Waals surface area contributed by atoms with Crippen molar-refractivity contribution in [2.75, 3.05) is 6.61 Å². The standard InChI is InChI=1S/C10H10N4O/c15-4-7-1-6(7)2-9-13-8-3-11-5-12-10(8)14-9/h2-3,5,7,15H,1,4H2,(H,11,12,13,14). The highest BCUT2D eigenvalue weighted by molar-refractivity contribution is 5.71. The molecule has 0 aromatic carbocycles. The number of nitrogens with one attached hydrogen (secondary N) is 1. The van der Waals surface area contributed by atoms with E-state index in [4.69, 9.17) is 5.11 Å². The zero-order chi connectivity index (χ0) is 10.3. The van der Waals surface area contributed by atoms with Gasteiger partial charge < -0.3 is 10.1 Å². The molecule has 0 spiro atoms. The van der Waals surface area contributed by atoms with E-state index in [0.717, 1.165) is 17.8 Å². The molecule has 0 bridgehead atoms. The second-order valence-corrected chi connectivity index (χ2v) is 3.68. The van der Waals surface area contributed by atoms with Crippen LogP contribution in [0.15, 0.2) is 18.1 Å². The smallest absolute Gasteiger partial charge is 0.181 e. The number of aliphatic hydroxyl groups excluding tert-OH is 1. The fourth-order valence-electron chi connectivity index (χ4n) is 1.61. The van der Waals surface area contributed by atoms with Gasteiger partial charge in [0.1, 0.15) is 17.7 Å². The van der Waals surface area contributed by atoms with Crippen LogP contribution in [0.4, 0.5) is 0 Å². The van der Waals surface area contributed by atoms with Gasteiger partial charge in [0.15, 0.2) is 5.65 Å². The normalized spacial score (nSPS) is 22.5. The molecule has 2 aromatic rings. The fourth-order valence-corrected chi connectivity index (χ4v) is 1.61.